The average Bonchev–Trinajstić information content (AvgIpc) is 2.88. The lowest BCUT2D eigenvalue weighted by Crippen LogP contribution is -2.15. The number of aryl methyl sites for hydroxylation is 2. The number of nitriles is 1. The molecule has 0 atom stereocenters. The Kier molecular flexibility index (Phi) is 7.88. The van der Waals surface area contributed by atoms with Crippen LogP contribution in [-0.2, 0) is 22.4 Å². The number of nitrogens with zero attached hydrogens (tertiary/aromatic N) is 2. The first-order valence-corrected chi connectivity index (χ1v) is 12.0. The number of hydrogen-bond acceptors (Lipinski definition) is 7. The van der Waals surface area contributed by atoms with Crippen molar-refractivity contribution in [3.05, 3.63) is 39.4 Å². The number of aromatic nitrogens is 1. The lowest BCUT2D eigenvalue weighted by atomic mass is 10.1. The first kappa shape index (κ1) is 22.3. The molecule has 158 valence electrons. The van der Waals surface area contributed by atoms with E-state index in [1.165, 1.54) is 28.0 Å². The van der Waals surface area contributed by atoms with Gasteiger partial charge < -0.3 is 10.1 Å². The Morgan fingerprint density at radius 2 is 2.10 bits per heavy atom. The quantitative estimate of drug-likeness (QED) is 0.372. The second kappa shape index (κ2) is 10.6. The van der Waals surface area contributed by atoms with E-state index in [9.17, 15) is 14.9 Å². The third-order valence-electron chi connectivity index (χ3n) is 4.84. The molecule has 1 N–H and O–H groups in total. The highest BCUT2D eigenvalue weighted by Gasteiger charge is 2.26. The van der Waals surface area contributed by atoms with Crippen molar-refractivity contribution < 1.29 is 14.3 Å². The Labute approximate surface area is 185 Å². The number of carbonyl (C=O) groups excluding carboxylic acids is 2. The summed E-state index contributed by atoms with van der Waals surface area (Å²) >= 11 is 2.89. The summed E-state index contributed by atoms with van der Waals surface area (Å²) in [5.74, 6) is -0.0172. The highest BCUT2D eigenvalue weighted by Crippen LogP contribution is 2.38. The number of carbonyl (C=O) groups is 2. The number of ether oxygens (including phenoxy) is 1. The van der Waals surface area contributed by atoms with Gasteiger partial charge >= 0.3 is 5.97 Å². The number of anilines is 1. The van der Waals surface area contributed by atoms with E-state index in [4.69, 9.17) is 4.74 Å². The molecule has 3 rings (SSSR count). The Hall–Kier alpha value is -2.37. The molecule has 0 radical (unpaired) electrons. The molecule has 0 aliphatic heterocycles. The minimum Gasteiger partial charge on any atom is -0.462 e. The monoisotopic (exact) mass is 443 g/mol. The van der Waals surface area contributed by atoms with Gasteiger partial charge in [0.2, 0.25) is 5.91 Å². The van der Waals surface area contributed by atoms with Crippen molar-refractivity contribution in [2.45, 2.75) is 57.4 Å². The normalized spacial score (nSPS) is 13.1. The molecule has 0 aromatic carbocycles. The van der Waals surface area contributed by atoms with Crippen molar-refractivity contribution in [2.75, 3.05) is 17.7 Å². The SMILES string of the molecule is CCOC(=O)c1c(NC(=O)CCSc2nc(C)ccc2C#N)sc2c1CCCCC2. The van der Waals surface area contributed by atoms with Crippen LogP contribution >= 0.6 is 23.1 Å². The molecule has 2 heterocycles. The van der Waals surface area contributed by atoms with Gasteiger partial charge in [-0.25, -0.2) is 9.78 Å². The number of esters is 1. The number of rotatable bonds is 7. The maximum absolute atomic E-state index is 12.6. The Balaban J connectivity index is 1.68. The van der Waals surface area contributed by atoms with Gasteiger partial charge in [0, 0.05) is 22.7 Å². The van der Waals surface area contributed by atoms with E-state index in [1.54, 1.807) is 19.1 Å². The second-order valence-corrected chi connectivity index (χ2v) is 9.24. The largest absolute Gasteiger partial charge is 0.462 e. The zero-order valence-electron chi connectivity index (χ0n) is 17.2. The lowest BCUT2D eigenvalue weighted by molar-refractivity contribution is -0.115. The van der Waals surface area contributed by atoms with Gasteiger partial charge in [-0.2, -0.15) is 5.26 Å². The smallest absolute Gasteiger partial charge is 0.341 e. The van der Waals surface area contributed by atoms with E-state index in [-0.39, 0.29) is 18.3 Å². The molecule has 1 aliphatic carbocycles. The fraction of sp³-hybridized carbons (Fsp3) is 0.455. The van der Waals surface area contributed by atoms with E-state index in [2.05, 4.69) is 16.4 Å². The fourth-order valence-corrected chi connectivity index (χ4v) is 5.66. The standard InChI is InChI=1S/C22H25N3O3S2/c1-3-28-22(27)19-16-7-5-4-6-8-17(16)30-21(19)25-18(26)11-12-29-20-15(13-23)10-9-14(2)24-20/h9-10H,3-8,11-12H2,1-2H3,(H,25,26). The Morgan fingerprint density at radius 3 is 2.87 bits per heavy atom. The van der Waals surface area contributed by atoms with Gasteiger partial charge in [-0.3, -0.25) is 4.79 Å². The van der Waals surface area contributed by atoms with E-state index in [0.717, 1.165) is 43.4 Å². The molecule has 30 heavy (non-hydrogen) atoms. The summed E-state index contributed by atoms with van der Waals surface area (Å²) in [4.78, 5) is 30.7. The van der Waals surface area contributed by atoms with Crippen molar-refractivity contribution in [3.63, 3.8) is 0 Å². The molecule has 0 saturated heterocycles. The molecule has 1 aliphatic rings. The zero-order valence-corrected chi connectivity index (χ0v) is 18.9. The van der Waals surface area contributed by atoms with Crippen LogP contribution < -0.4 is 5.32 Å². The van der Waals surface area contributed by atoms with Crippen LogP contribution in [-0.4, -0.2) is 29.2 Å². The van der Waals surface area contributed by atoms with E-state index in [0.29, 0.717) is 33.5 Å². The number of pyridine rings is 1. The van der Waals surface area contributed by atoms with Gasteiger partial charge in [-0.05, 0) is 57.2 Å². The fourth-order valence-electron chi connectivity index (χ4n) is 3.41. The predicted octanol–water partition coefficient (Wildman–Crippen LogP) is 4.89. The van der Waals surface area contributed by atoms with Gasteiger partial charge in [0.15, 0.2) is 0 Å². The number of thiophene rings is 1. The molecule has 6 nitrogen and oxygen atoms in total. The van der Waals surface area contributed by atoms with Crippen molar-refractivity contribution in [1.29, 1.82) is 5.26 Å². The van der Waals surface area contributed by atoms with E-state index < -0.39 is 0 Å². The van der Waals surface area contributed by atoms with Crippen LogP contribution in [0.25, 0.3) is 0 Å². The predicted molar refractivity (Wildman–Crippen MR) is 119 cm³/mol. The van der Waals surface area contributed by atoms with Crippen LogP contribution in [0.1, 0.15) is 64.7 Å². The summed E-state index contributed by atoms with van der Waals surface area (Å²) in [7, 11) is 0. The maximum atomic E-state index is 12.6. The van der Waals surface area contributed by atoms with Gasteiger partial charge in [-0.15, -0.1) is 23.1 Å². The van der Waals surface area contributed by atoms with Crippen LogP contribution in [0, 0.1) is 18.3 Å². The molecule has 0 spiro atoms. The number of amides is 1. The second-order valence-electron chi connectivity index (χ2n) is 7.05. The molecule has 8 heteroatoms. The molecular weight excluding hydrogens is 418 g/mol. The lowest BCUT2D eigenvalue weighted by Gasteiger charge is -2.09. The Bertz CT molecular complexity index is 979. The minimum atomic E-state index is -0.357. The molecule has 0 bridgehead atoms. The van der Waals surface area contributed by atoms with Crippen molar-refractivity contribution in [2.24, 2.45) is 0 Å². The van der Waals surface area contributed by atoms with Crippen LogP contribution in [0.3, 0.4) is 0 Å². The van der Waals surface area contributed by atoms with Crippen molar-refractivity contribution in [3.8, 4) is 6.07 Å². The molecule has 2 aromatic heterocycles. The summed E-state index contributed by atoms with van der Waals surface area (Å²) in [6.07, 6.45) is 5.35. The van der Waals surface area contributed by atoms with Gasteiger partial charge in [-0.1, -0.05) is 6.42 Å². The third kappa shape index (κ3) is 5.41. The summed E-state index contributed by atoms with van der Waals surface area (Å²) in [5.41, 5.74) is 2.92. The van der Waals surface area contributed by atoms with Crippen LogP contribution in [0.2, 0.25) is 0 Å². The molecule has 2 aromatic rings. The molecule has 0 saturated carbocycles. The summed E-state index contributed by atoms with van der Waals surface area (Å²) in [6, 6.07) is 5.68. The van der Waals surface area contributed by atoms with Crippen LogP contribution in [0.5, 0.6) is 0 Å². The van der Waals surface area contributed by atoms with Crippen LogP contribution in [0.4, 0.5) is 5.00 Å². The number of nitrogens with one attached hydrogen (secondary N) is 1. The van der Waals surface area contributed by atoms with Gasteiger partial charge in [0.25, 0.3) is 0 Å². The topological polar surface area (TPSA) is 92.1 Å². The summed E-state index contributed by atoms with van der Waals surface area (Å²) in [6.45, 7) is 3.96. The van der Waals surface area contributed by atoms with Crippen molar-refractivity contribution in [1.82, 2.24) is 4.98 Å². The molecule has 0 fully saturated rings. The molecule has 0 unspecified atom stereocenters. The highest BCUT2D eigenvalue weighted by molar-refractivity contribution is 7.99. The summed E-state index contributed by atoms with van der Waals surface area (Å²) in [5, 5.41) is 13.4. The maximum Gasteiger partial charge on any atom is 0.341 e. The first-order chi connectivity index (χ1) is 14.5. The van der Waals surface area contributed by atoms with Crippen molar-refractivity contribution >= 4 is 40.0 Å². The van der Waals surface area contributed by atoms with Gasteiger partial charge in [0.1, 0.15) is 16.1 Å². The minimum absolute atomic E-state index is 0.157. The molecule has 1 amide bonds. The number of hydrogen-bond donors (Lipinski definition) is 1. The van der Waals surface area contributed by atoms with Crippen LogP contribution in [0.15, 0.2) is 17.2 Å². The Morgan fingerprint density at radius 1 is 1.30 bits per heavy atom. The zero-order chi connectivity index (χ0) is 21.5. The number of thioether (sulfide) groups is 1. The summed E-state index contributed by atoms with van der Waals surface area (Å²) < 4.78 is 5.26. The number of fused-ring (bicyclic) bond motifs is 1. The third-order valence-corrected chi connectivity index (χ3v) is 7.04. The van der Waals surface area contributed by atoms with E-state index >= 15 is 0 Å². The highest BCUT2D eigenvalue weighted by atomic mass is 32.2. The first-order valence-electron chi connectivity index (χ1n) is 10.2. The molecular formula is C22H25N3O3S2. The van der Waals surface area contributed by atoms with E-state index in [1.807, 2.05) is 6.92 Å². The van der Waals surface area contributed by atoms with Gasteiger partial charge in [0.05, 0.1) is 17.7 Å². The average molecular weight is 444 g/mol.